The lowest BCUT2D eigenvalue weighted by atomic mass is 9.82. The normalized spacial score (nSPS) is 17.4. The van der Waals surface area contributed by atoms with Gasteiger partial charge in [0.15, 0.2) is 0 Å². The highest BCUT2D eigenvalue weighted by Crippen LogP contribution is 2.30. The van der Waals surface area contributed by atoms with Crippen LogP contribution in [0.1, 0.15) is 47.7 Å². The number of carbonyl (C=O) groups is 1. The van der Waals surface area contributed by atoms with Crippen LogP contribution in [0.4, 0.5) is 0 Å². The fourth-order valence-electron chi connectivity index (χ4n) is 2.20. The van der Waals surface area contributed by atoms with Crippen molar-refractivity contribution in [3.63, 3.8) is 0 Å². The largest absolute Gasteiger partial charge is 0.395 e. The Balaban J connectivity index is 1.99. The van der Waals surface area contributed by atoms with Crippen molar-refractivity contribution < 1.29 is 9.90 Å². The number of carbonyl (C=O) groups excluding carboxylic acids is 1. The molecule has 0 bridgehead atoms. The maximum absolute atomic E-state index is 12.4. The minimum absolute atomic E-state index is 0.0771. The Morgan fingerprint density at radius 3 is 2.75 bits per heavy atom. The van der Waals surface area contributed by atoms with E-state index in [0.29, 0.717) is 11.8 Å². The Hall–Kier alpha value is -1.31. The monoisotopic (exact) mass is 291 g/mol. The number of nitrogens with zero attached hydrogens (tertiary/aromatic N) is 1. The zero-order valence-corrected chi connectivity index (χ0v) is 12.9. The van der Waals surface area contributed by atoms with Crippen LogP contribution in [0, 0.1) is 17.3 Å². The molecule has 108 valence electrons. The summed E-state index contributed by atoms with van der Waals surface area (Å²) in [6.45, 7) is 6.28. The number of likely N-dealkylation sites (tertiary alicyclic amines) is 1. The number of aliphatic hydroxyl groups is 1. The SMILES string of the molecule is CC1(C)CCN(C(=O)c2ccc(C#CCCO)s2)CC1. The Morgan fingerprint density at radius 2 is 2.10 bits per heavy atom. The first-order chi connectivity index (χ1) is 9.52. The van der Waals surface area contributed by atoms with Gasteiger partial charge in [0.25, 0.3) is 5.91 Å². The van der Waals surface area contributed by atoms with Crippen molar-refractivity contribution in [2.45, 2.75) is 33.1 Å². The van der Waals surface area contributed by atoms with E-state index in [4.69, 9.17) is 5.11 Å². The molecule has 0 saturated carbocycles. The van der Waals surface area contributed by atoms with E-state index in [-0.39, 0.29) is 12.5 Å². The van der Waals surface area contributed by atoms with Crippen LogP contribution in [0.25, 0.3) is 0 Å². The molecule has 3 nitrogen and oxygen atoms in total. The van der Waals surface area contributed by atoms with Gasteiger partial charge < -0.3 is 10.0 Å². The summed E-state index contributed by atoms with van der Waals surface area (Å²) >= 11 is 1.44. The van der Waals surface area contributed by atoms with E-state index in [1.807, 2.05) is 17.0 Å². The first-order valence-electron chi connectivity index (χ1n) is 7.01. The topological polar surface area (TPSA) is 40.5 Å². The molecule has 0 atom stereocenters. The summed E-state index contributed by atoms with van der Waals surface area (Å²) in [4.78, 5) is 16.0. The van der Waals surface area contributed by atoms with Crippen molar-refractivity contribution in [3.05, 3.63) is 21.9 Å². The van der Waals surface area contributed by atoms with E-state index in [2.05, 4.69) is 25.7 Å². The summed E-state index contributed by atoms with van der Waals surface area (Å²) in [7, 11) is 0. The number of piperidine rings is 1. The van der Waals surface area contributed by atoms with Crippen molar-refractivity contribution in [3.8, 4) is 11.8 Å². The lowest BCUT2D eigenvalue weighted by Crippen LogP contribution is -2.40. The quantitative estimate of drug-likeness (QED) is 0.851. The minimum Gasteiger partial charge on any atom is -0.395 e. The molecule has 1 fully saturated rings. The predicted molar refractivity (Wildman–Crippen MR) is 81.8 cm³/mol. The van der Waals surface area contributed by atoms with Gasteiger partial charge in [-0.15, -0.1) is 11.3 Å². The van der Waals surface area contributed by atoms with Gasteiger partial charge in [0.05, 0.1) is 16.4 Å². The molecular weight excluding hydrogens is 270 g/mol. The minimum atomic E-state index is 0.0771. The first-order valence-corrected chi connectivity index (χ1v) is 7.82. The van der Waals surface area contributed by atoms with Gasteiger partial charge in [-0.3, -0.25) is 4.79 Å². The van der Waals surface area contributed by atoms with Gasteiger partial charge in [0, 0.05) is 19.5 Å². The molecule has 0 spiro atoms. The Labute approximate surface area is 124 Å². The summed E-state index contributed by atoms with van der Waals surface area (Å²) in [6.07, 6.45) is 2.60. The average Bonchev–Trinajstić information content (AvgIpc) is 2.87. The van der Waals surface area contributed by atoms with E-state index in [1.54, 1.807) is 0 Å². The highest BCUT2D eigenvalue weighted by Gasteiger charge is 2.28. The Kier molecular flexibility index (Phi) is 4.85. The third-order valence-electron chi connectivity index (χ3n) is 3.67. The number of hydrogen-bond donors (Lipinski definition) is 1. The summed E-state index contributed by atoms with van der Waals surface area (Å²) in [5, 5.41) is 8.69. The zero-order chi connectivity index (χ0) is 14.6. The van der Waals surface area contributed by atoms with Crippen molar-refractivity contribution in [2.24, 2.45) is 5.41 Å². The molecular formula is C16H21NO2S. The molecule has 1 aromatic rings. The van der Waals surface area contributed by atoms with Gasteiger partial charge in [-0.1, -0.05) is 25.7 Å². The van der Waals surface area contributed by atoms with Crippen molar-refractivity contribution in [2.75, 3.05) is 19.7 Å². The Bertz CT molecular complexity index is 526. The van der Waals surface area contributed by atoms with Gasteiger partial charge in [0.1, 0.15) is 0 Å². The Morgan fingerprint density at radius 1 is 1.40 bits per heavy atom. The molecule has 0 unspecified atom stereocenters. The van der Waals surface area contributed by atoms with Crippen LogP contribution in [-0.4, -0.2) is 35.6 Å². The van der Waals surface area contributed by atoms with Gasteiger partial charge in [-0.05, 0) is 30.4 Å². The molecule has 20 heavy (non-hydrogen) atoms. The number of thiophene rings is 1. The summed E-state index contributed by atoms with van der Waals surface area (Å²) in [5.74, 6) is 5.98. The molecule has 2 heterocycles. The predicted octanol–water partition coefficient (Wildman–Crippen LogP) is 2.74. The fraction of sp³-hybridized carbons (Fsp3) is 0.562. The molecule has 1 aliphatic rings. The van der Waals surface area contributed by atoms with Crippen LogP contribution in [0.5, 0.6) is 0 Å². The summed E-state index contributed by atoms with van der Waals surface area (Å²) < 4.78 is 0. The van der Waals surface area contributed by atoms with Crippen molar-refractivity contribution in [1.82, 2.24) is 4.90 Å². The first kappa shape index (κ1) is 15.1. The van der Waals surface area contributed by atoms with Crippen LogP contribution >= 0.6 is 11.3 Å². The third-order valence-corrected chi connectivity index (χ3v) is 4.66. The molecule has 0 aromatic carbocycles. The fourth-order valence-corrected chi connectivity index (χ4v) is 3.05. The number of hydrogen-bond acceptors (Lipinski definition) is 3. The molecule has 4 heteroatoms. The van der Waals surface area contributed by atoms with Crippen molar-refractivity contribution >= 4 is 17.2 Å². The van der Waals surface area contributed by atoms with E-state index in [0.717, 1.165) is 35.7 Å². The molecule has 2 rings (SSSR count). The second-order valence-electron chi connectivity index (χ2n) is 5.90. The molecule has 1 N–H and O–H groups in total. The summed E-state index contributed by atoms with van der Waals surface area (Å²) in [6, 6.07) is 3.74. The smallest absolute Gasteiger partial charge is 0.263 e. The molecule has 1 aliphatic heterocycles. The lowest BCUT2D eigenvalue weighted by molar-refractivity contribution is 0.0635. The van der Waals surface area contributed by atoms with E-state index in [9.17, 15) is 4.79 Å². The van der Waals surface area contributed by atoms with Crippen LogP contribution in [-0.2, 0) is 0 Å². The van der Waals surface area contributed by atoms with E-state index >= 15 is 0 Å². The second-order valence-corrected chi connectivity index (χ2v) is 6.98. The zero-order valence-electron chi connectivity index (χ0n) is 12.1. The lowest BCUT2D eigenvalue weighted by Gasteiger charge is -2.36. The maximum Gasteiger partial charge on any atom is 0.263 e. The van der Waals surface area contributed by atoms with Gasteiger partial charge in [0.2, 0.25) is 0 Å². The maximum atomic E-state index is 12.4. The van der Waals surface area contributed by atoms with E-state index in [1.165, 1.54) is 11.3 Å². The molecule has 1 amide bonds. The number of rotatable bonds is 2. The third kappa shape index (κ3) is 3.84. The van der Waals surface area contributed by atoms with Crippen LogP contribution in [0.15, 0.2) is 12.1 Å². The second kappa shape index (κ2) is 6.43. The highest BCUT2D eigenvalue weighted by atomic mass is 32.1. The van der Waals surface area contributed by atoms with Crippen LogP contribution in [0.2, 0.25) is 0 Å². The number of amides is 1. The average molecular weight is 291 g/mol. The van der Waals surface area contributed by atoms with Gasteiger partial charge in [-0.25, -0.2) is 0 Å². The van der Waals surface area contributed by atoms with Gasteiger partial charge in [-0.2, -0.15) is 0 Å². The number of aliphatic hydroxyl groups excluding tert-OH is 1. The molecule has 0 radical (unpaired) electrons. The molecule has 1 saturated heterocycles. The van der Waals surface area contributed by atoms with E-state index < -0.39 is 0 Å². The van der Waals surface area contributed by atoms with Gasteiger partial charge >= 0.3 is 0 Å². The molecule has 1 aromatic heterocycles. The molecule has 0 aliphatic carbocycles. The highest BCUT2D eigenvalue weighted by molar-refractivity contribution is 7.14. The van der Waals surface area contributed by atoms with Crippen molar-refractivity contribution in [1.29, 1.82) is 0 Å². The standard InChI is InChI=1S/C16H21NO2S/c1-16(2)8-10-17(11-9-16)15(19)14-7-6-13(20-14)5-3-4-12-18/h6-7,18H,4,8-12H2,1-2H3. The summed E-state index contributed by atoms with van der Waals surface area (Å²) in [5.41, 5.74) is 0.354. The van der Waals surface area contributed by atoms with Crippen LogP contribution in [0.3, 0.4) is 0 Å². The van der Waals surface area contributed by atoms with Crippen LogP contribution < -0.4 is 0 Å².